The third kappa shape index (κ3) is 5.38. The fourth-order valence-corrected chi connectivity index (χ4v) is 5.81. The maximum absolute atomic E-state index is 14.0. The zero-order valence-electron chi connectivity index (χ0n) is 24.0. The fraction of sp³-hybridized carbons (Fsp3) is 0.229. The van der Waals surface area contributed by atoms with Gasteiger partial charge in [0.1, 0.15) is 6.61 Å². The van der Waals surface area contributed by atoms with Crippen LogP contribution in [0.5, 0.6) is 23.0 Å². The Labute approximate surface area is 246 Å². The second-order valence-electron chi connectivity index (χ2n) is 10.5. The second-order valence-corrected chi connectivity index (χ2v) is 10.5. The molecular weight excluding hydrogens is 528 g/mol. The summed E-state index contributed by atoms with van der Waals surface area (Å²) < 4.78 is 22.8. The van der Waals surface area contributed by atoms with Crippen LogP contribution >= 0.6 is 0 Å². The zero-order chi connectivity index (χ0) is 29.1. The van der Waals surface area contributed by atoms with Crippen molar-refractivity contribution in [2.24, 2.45) is 0 Å². The maximum atomic E-state index is 14.0. The summed E-state index contributed by atoms with van der Waals surface area (Å²) in [5.74, 6) is 2.67. The molecule has 1 aliphatic carbocycles. The molecule has 214 valence electrons. The molecule has 4 aromatic carbocycles. The number of benzene rings is 4. The molecule has 0 bridgehead atoms. The van der Waals surface area contributed by atoms with E-state index in [2.05, 4.69) is 10.6 Å². The molecular formula is C35H34N2O5. The topological polar surface area (TPSA) is 78.1 Å². The first-order valence-corrected chi connectivity index (χ1v) is 14.0. The Balaban J connectivity index is 1.38. The Bertz CT molecular complexity index is 1630. The van der Waals surface area contributed by atoms with Gasteiger partial charge in [0.2, 0.25) is 0 Å². The first-order chi connectivity index (χ1) is 20.6. The van der Waals surface area contributed by atoms with Crippen molar-refractivity contribution in [3.05, 3.63) is 119 Å². The van der Waals surface area contributed by atoms with Crippen LogP contribution in [0.25, 0.3) is 0 Å². The first-order valence-electron chi connectivity index (χ1n) is 14.0. The van der Waals surface area contributed by atoms with E-state index in [1.807, 2.05) is 91.0 Å². The minimum Gasteiger partial charge on any atom is -0.493 e. The van der Waals surface area contributed by atoms with Gasteiger partial charge in [-0.1, -0.05) is 54.6 Å². The number of para-hydroxylation sites is 2. The van der Waals surface area contributed by atoms with E-state index in [-0.39, 0.29) is 17.7 Å². The predicted molar refractivity (Wildman–Crippen MR) is 164 cm³/mol. The Morgan fingerprint density at radius 1 is 0.690 bits per heavy atom. The van der Waals surface area contributed by atoms with Gasteiger partial charge in [-0.3, -0.25) is 4.79 Å². The van der Waals surface area contributed by atoms with Crippen LogP contribution in [0.4, 0.5) is 11.4 Å². The predicted octanol–water partition coefficient (Wildman–Crippen LogP) is 7.27. The van der Waals surface area contributed by atoms with Crippen LogP contribution in [-0.2, 0) is 11.4 Å². The van der Waals surface area contributed by atoms with Gasteiger partial charge in [0.15, 0.2) is 28.8 Å². The molecule has 7 heteroatoms. The van der Waals surface area contributed by atoms with Crippen LogP contribution in [-0.4, -0.2) is 27.1 Å². The summed E-state index contributed by atoms with van der Waals surface area (Å²) in [5.41, 5.74) is 6.53. The molecule has 0 fully saturated rings. The first kappa shape index (κ1) is 27.3. The Kier molecular flexibility index (Phi) is 7.73. The molecule has 6 rings (SSSR count). The smallest absolute Gasteiger partial charge is 0.163 e. The van der Waals surface area contributed by atoms with Gasteiger partial charge in [-0.05, 0) is 65.4 Å². The number of hydrogen-bond donors (Lipinski definition) is 2. The van der Waals surface area contributed by atoms with Crippen LogP contribution in [0, 0.1) is 0 Å². The summed E-state index contributed by atoms with van der Waals surface area (Å²) in [4.78, 5) is 14.0. The summed E-state index contributed by atoms with van der Waals surface area (Å²) in [6.45, 7) is 0.406. The van der Waals surface area contributed by atoms with Crippen LogP contribution in [0.15, 0.2) is 102 Å². The van der Waals surface area contributed by atoms with Crippen LogP contribution in [0.1, 0.15) is 41.5 Å². The highest BCUT2D eigenvalue weighted by Crippen LogP contribution is 2.46. The third-order valence-corrected chi connectivity index (χ3v) is 7.95. The highest BCUT2D eigenvalue weighted by Gasteiger charge is 2.36. The average Bonchev–Trinajstić information content (AvgIpc) is 3.21. The molecule has 0 radical (unpaired) electrons. The third-order valence-electron chi connectivity index (χ3n) is 7.95. The van der Waals surface area contributed by atoms with Crippen LogP contribution in [0.2, 0.25) is 0 Å². The van der Waals surface area contributed by atoms with E-state index < -0.39 is 0 Å². The Morgan fingerprint density at radius 2 is 1.33 bits per heavy atom. The minimum atomic E-state index is -0.375. The minimum absolute atomic E-state index is 0.00453. The van der Waals surface area contributed by atoms with Crippen molar-refractivity contribution < 1.29 is 23.7 Å². The molecule has 1 heterocycles. The standard InChI is InChI=1S/C35H34N2O5/c1-39-30-15-13-23(19-32(30)41-3)25-17-28-34(29(38)18-25)35(37-27-12-8-7-11-26(27)36-28)24-14-16-31(40-2)33(20-24)42-21-22-9-5-4-6-10-22/h4-16,19-20,25,35-37H,17-18,21H2,1-3H3/t25-,35+/m1/s1. The van der Waals surface area contributed by atoms with Gasteiger partial charge in [-0.25, -0.2) is 0 Å². The van der Waals surface area contributed by atoms with E-state index in [9.17, 15) is 4.79 Å². The lowest BCUT2D eigenvalue weighted by atomic mass is 9.78. The Morgan fingerprint density at radius 3 is 2.07 bits per heavy atom. The largest absolute Gasteiger partial charge is 0.493 e. The van der Waals surface area contributed by atoms with Gasteiger partial charge in [0, 0.05) is 17.7 Å². The summed E-state index contributed by atoms with van der Waals surface area (Å²) >= 11 is 0. The van der Waals surface area contributed by atoms with E-state index in [0.717, 1.165) is 39.3 Å². The quantitative estimate of drug-likeness (QED) is 0.234. The summed E-state index contributed by atoms with van der Waals surface area (Å²) in [6.07, 6.45) is 1.06. The van der Waals surface area contributed by atoms with Crippen molar-refractivity contribution in [2.45, 2.75) is 31.4 Å². The maximum Gasteiger partial charge on any atom is 0.163 e. The molecule has 0 aromatic heterocycles. The summed E-state index contributed by atoms with van der Waals surface area (Å²) in [6, 6.07) is 29.5. The van der Waals surface area contributed by atoms with Crippen LogP contribution in [0.3, 0.4) is 0 Å². The van der Waals surface area contributed by atoms with Gasteiger partial charge in [0.05, 0.1) is 38.7 Å². The van der Waals surface area contributed by atoms with Gasteiger partial charge in [-0.2, -0.15) is 0 Å². The van der Waals surface area contributed by atoms with Crippen molar-refractivity contribution in [3.8, 4) is 23.0 Å². The number of methoxy groups -OCH3 is 3. The lowest BCUT2D eigenvalue weighted by Gasteiger charge is -2.30. The van der Waals surface area contributed by atoms with Crippen molar-refractivity contribution in [1.29, 1.82) is 0 Å². The van der Waals surface area contributed by atoms with Crippen molar-refractivity contribution in [2.75, 3.05) is 32.0 Å². The number of nitrogens with one attached hydrogen (secondary N) is 2. The van der Waals surface area contributed by atoms with E-state index in [1.165, 1.54) is 0 Å². The molecule has 0 unspecified atom stereocenters. The van der Waals surface area contributed by atoms with E-state index in [0.29, 0.717) is 42.4 Å². The molecule has 0 spiro atoms. The Hall–Kier alpha value is -4.91. The van der Waals surface area contributed by atoms with Gasteiger partial charge in [-0.15, -0.1) is 0 Å². The number of ether oxygens (including phenoxy) is 4. The molecule has 0 saturated heterocycles. The number of ketones is 1. The molecule has 4 aromatic rings. The number of Topliss-reactive ketones (excluding diaryl/α,β-unsaturated/α-hetero) is 1. The molecule has 0 saturated carbocycles. The molecule has 0 amide bonds. The normalized spacial score (nSPS) is 17.6. The highest BCUT2D eigenvalue weighted by molar-refractivity contribution is 6.01. The van der Waals surface area contributed by atoms with Crippen molar-refractivity contribution in [1.82, 2.24) is 0 Å². The van der Waals surface area contributed by atoms with Gasteiger partial charge >= 0.3 is 0 Å². The van der Waals surface area contributed by atoms with E-state index in [4.69, 9.17) is 18.9 Å². The number of fused-ring (bicyclic) bond motifs is 1. The number of carbonyl (C=O) groups is 1. The molecule has 2 N–H and O–H groups in total. The number of anilines is 2. The number of carbonyl (C=O) groups excluding carboxylic acids is 1. The van der Waals surface area contributed by atoms with Crippen molar-refractivity contribution in [3.63, 3.8) is 0 Å². The molecule has 1 aliphatic heterocycles. The number of rotatable bonds is 8. The lowest BCUT2D eigenvalue weighted by molar-refractivity contribution is -0.116. The summed E-state index contributed by atoms with van der Waals surface area (Å²) in [7, 11) is 4.88. The number of hydrogen-bond acceptors (Lipinski definition) is 7. The molecule has 2 atom stereocenters. The molecule has 42 heavy (non-hydrogen) atoms. The monoisotopic (exact) mass is 562 g/mol. The highest BCUT2D eigenvalue weighted by atomic mass is 16.5. The molecule has 2 aliphatic rings. The zero-order valence-corrected chi connectivity index (χ0v) is 24.0. The second kappa shape index (κ2) is 11.9. The van der Waals surface area contributed by atoms with Crippen molar-refractivity contribution >= 4 is 17.2 Å². The lowest BCUT2D eigenvalue weighted by Crippen LogP contribution is -2.27. The SMILES string of the molecule is COc1ccc([C@H]2CC(=O)C3=C(C2)Nc2ccccc2N[C@H]3c2ccc(OC)c(OCc3ccccc3)c2)cc1OC. The number of allylic oxidation sites excluding steroid dienone is 1. The van der Waals surface area contributed by atoms with E-state index in [1.54, 1.807) is 21.3 Å². The van der Waals surface area contributed by atoms with Crippen LogP contribution < -0.4 is 29.6 Å². The average molecular weight is 563 g/mol. The summed E-state index contributed by atoms with van der Waals surface area (Å²) in [5, 5.41) is 7.27. The van der Waals surface area contributed by atoms with Gasteiger partial charge in [0.25, 0.3) is 0 Å². The fourth-order valence-electron chi connectivity index (χ4n) is 5.81. The van der Waals surface area contributed by atoms with Gasteiger partial charge < -0.3 is 29.6 Å². The molecule has 7 nitrogen and oxygen atoms in total. The van der Waals surface area contributed by atoms with E-state index >= 15 is 0 Å².